The minimum absolute atomic E-state index is 0.0101. The van der Waals surface area contributed by atoms with Gasteiger partial charge in [0.05, 0.1) is 14.2 Å². The third-order valence-electron chi connectivity index (χ3n) is 3.70. The third kappa shape index (κ3) is 2.45. The van der Waals surface area contributed by atoms with E-state index in [2.05, 4.69) is 0 Å². The summed E-state index contributed by atoms with van der Waals surface area (Å²) >= 11 is 0. The maximum atomic E-state index is 12.3. The van der Waals surface area contributed by atoms with E-state index < -0.39 is 6.10 Å². The van der Waals surface area contributed by atoms with Crippen molar-refractivity contribution in [3.63, 3.8) is 0 Å². The monoisotopic (exact) mass is 300 g/mol. The molecule has 2 aromatic carbocycles. The smallest absolute Gasteiger partial charge is 0.182 e. The fraction of sp³-hybridized carbons (Fsp3) is 0.235. The highest BCUT2D eigenvalue weighted by molar-refractivity contribution is 5.89. The van der Waals surface area contributed by atoms with Crippen molar-refractivity contribution in [2.45, 2.75) is 12.5 Å². The SMILES string of the molecule is COc1ccc(C2Oc3cc(OC)cc(O)c3CC2=O)cc1. The van der Waals surface area contributed by atoms with Crippen LogP contribution in [0.3, 0.4) is 0 Å². The Labute approximate surface area is 128 Å². The normalized spacial score (nSPS) is 16.6. The van der Waals surface area contributed by atoms with Crippen molar-refractivity contribution >= 4 is 5.78 Å². The summed E-state index contributed by atoms with van der Waals surface area (Å²) in [4.78, 5) is 12.3. The number of Topliss-reactive ketones (excluding diaryl/α,β-unsaturated/α-hetero) is 1. The molecule has 0 radical (unpaired) electrons. The summed E-state index contributed by atoms with van der Waals surface area (Å²) in [6.45, 7) is 0. The van der Waals surface area contributed by atoms with Crippen LogP contribution in [0.4, 0.5) is 0 Å². The number of carbonyl (C=O) groups is 1. The van der Waals surface area contributed by atoms with Crippen LogP contribution in [0.15, 0.2) is 36.4 Å². The molecular formula is C17H16O5. The molecule has 0 fully saturated rings. The van der Waals surface area contributed by atoms with Crippen molar-refractivity contribution in [3.8, 4) is 23.0 Å². The number of fused-ring (bicyclic) bond motifs is 1. The number of methoxy groups -OCH3 is 2. The first-order valence-corrected chi connectivity index (χ1v) is 6.85. The van der Waals surface area contributed by atoms with Crippen LogP contribution >= 0.6 is 0 Å². The van der Waals surface area contributed by atoms with Gasteiger partial charge in [-0.1, -0.05) is 12.1 Å². The maximum Gasteiger partial charge on any atom is 0.182 e. The van der Waals surface area contributed by atoms with Crippen LogP contribution in [0.5, 0.6) is 23.0 Å². The average Bonchev–Trinajstić information content (AvgIpc) is 2.55. The Morgan fingerprint density at radius 2 is 1.77 bits per heavy atom. The molecule has 0 bridgehead atoms. The van der Waals surface area contributed by atoms with Gasteiger partial charge in [-0.3, -0.25) is 4.79 Å². The lowest BCUT2D eigenvalue weighted by Crippen LogP contribution is -2.25. The van der Waals surface area contributed by atoms with Gasteiger partial charge in [0.2, 0.25) is 0 Å². The van der Waals surface area contributed by atoms with Gasteiger partial charge in [0.25, 0.3) is 0 Å². The van der Waals surface area contributed by atoms with Crippen molar-refractivity contribution in [1.29, 1.82) is 0 Å². The summed E-state index contributed by atoms with van der Waals surface area (Å²) in [6.07, 6.45) is -0.563. The van der Waals surface area contributed by atoms with Crippen LogP contribution < -0.4 is 14.2 Å². The highest BCUT2D eigenvalue weighted by atomic mass is 16.5. The molecule has 1 aliphatic rings. The van der Waals surface area contributed by atoms with Crippen LogP contribution in [0.25, 0.3) is 0 Å². The second-order valence-electron chi connectivity index (χ2n) is 5.04. The highest BCUT2D eigenvalue weighted by Gasteiger charge is 2.31. The predicted molar refractivity (Wildman–Crippen MR) is 79.7 cm³/mol. The van der Waals surface area contributed by atoms with Crippen LogP contribution in [-0.2, 0) is 11.2 Å². The molecule has 1 unspecified atom stereocenters. The molecule has 5 nitrogen and oxygen atoms in total. The fourth-order valence-electron chi connectivity index (χ4n) is 2.50. The van der Waals surface area contributed by atoms with E-state index in [1.807, 2.05) is 0 Å². The number of ether oxygens (including phenoxy) is 3. The molecule has 22 heavy (non-hydrogen) atoms. The van der Waals surface area contributed by atoms with Gasteiger partial charge >= 0.3 is 0 Å². The van der Waals surface area contributed by atoms with Gasteiger partial charge in [-0.05, 0) is 12.1 Å². The molecule has 0 aromatic heterocycles. The molecule has 3 rings (SSSR count). The molecule has 1 aliphatic heterocycles. The molecule has 0 saturated carbocycles. The largest absolute Gasteiger partial charge is 0.507 e. The molecule has 5 heteroatoms. The Morgan fingerprint density at radius 1 is 1.09 bits per heavy atom. The first kappa shape index (κ1) is 14.3. The Morgan fingerprint density at radius 3 is 2.41 bits per heavy atom. The Hall–Kier alpha value is -2.69. The maximum absolute atomic E-state index is 12.3. The minimum Gasteiger partial charge on any atom is -0.507 e. The summed E-state index contributed by atoms with van der Waals surface area (Å²) in [5, 5.41) is 9.98. The number of ketones is 1. The van der Waals surface area contributed by atoms with E-state index in [4.69, 9.17) is 14.2 Å². The summed E-state index contributed by atoms with van der Waals surface area (Å²) in [6, 6.07) is 10.3. The highest BCUT2D eigenvalue weighted by Crippen LogP contribution is 2.40. The number of carbonyl (C=O) groups excluding carboxylic acids is 1. The molecule has 0 spiro atoms. The molecular weight excluding hydrogens is 284 g/mol. The lowest BCUT2D eigenvalue weighted by molar-refractivity contribution is -0.126. The standard InChI is InChI=1S/C17H16O5/c1-20-11-5-3-10(4-6-11)17-15(19)9-13-14(18)7-12(21-2)8-16(13)22-17/h3-8,17-18H,9H2,1-2H3. The van der Waals surface area contributed by atoms with Gasteiger partial charge in [-0.2, -0.15) is 0 Å². The summed E-state index contributed by atoms with van der Waals surface area (Å²) in [7, 11) is 3.10. The summed E-state index contributed by atoms with van der Waals surface area (Å²) < 4.78 is 16.0. The molecule has 0 amide bonds. The van der Waals surface area contributed by atoms with Gasteiger partial charge < -0.3 is 19.3 Å². The molecule has 1 atom stereocenters. The molecule has 1 heterocycles. The zero-order valence-electron chi connectivity index (χ0n) is 12.3. The van der Waals surface area contributed by atoms with E-state index >= 15 is 0 Å². The van der Waals surface area contributed by atoms with E-state index in [0.717, 1.165) is 5.56 Å². The zero-order valence-corrected chi connectivity index (χ0v) is 12.3. The van der Waals surface area contributed by atoms with E-state index in [1.165, 1.54) is 13.2 Å². The zero-order chi connectivity index (χ0) is 15.7. The average molecular weight is 300 g/mol. The summed E-state index contributed by atoms with van der Waals surface area (Å²) in [5.41, 5.74) is 1.24. The van der Waals surface area contributed by atoms with Crippen LogP contribution in [0, 0.1) is 0 Å². The van der Waals surface area contributed by atoms with Crippen LogP contribution in [-0.4, -0.2) is 25.1 Å². The third-order valence-corrected chi connectivity index (χ3v) is 3.70. The van der Waals surface area contributed by atoms with E-state index in [1.54, 1.807) is 37.4 Å². The molecule has 0 aliphatic carbocycles. The molecule has 2 aromatic rings. The predicted octanol–water partition coefficient (Wildman–Crippen LogP) is 2.65. The first-order chi connectivity index (χ1) is 10.6. The van der Waals surface area contributed by atoms with Gasteiger partial charge in [0.1, 0.15) is 23.0 Å². The lowest BCUT2D eigenvalue weighted by atomic mass is 9.95. The van der Waals surface area contributed by atoms with Crippen molar-refractivity contribution in [2.24, 2.45) is 0 Å². The number of phenolic OH excluding ortho intramolecular Hbond substituents is 1. The Bertz CT molecular complexity index is 706. The van der Waals surface area contributed by atoms with Crippen LogP contribution in [0.2, 0.25) is 0 Å². The fourth-order valence-corrected chi connectivity index (χ4v) is 2.50. The topological polar surface area (TPSA) is 65.0 Å². The van der Waals surface area contributed by atoms with Gasteiger partial charge in [-0.25, -0.2) is 0 Å². The Kier molecular flexibility index (Phi) is 3.63. The Balaban J connectivity index is 1.95. The van der Waals surface area contributed by atoms with Crippen LogP contribution in [0.1, 0.15) is 17.2 Å². The first-order valence-electron chi connectivity index (χ1n) is 6.85. The molecule has 0 saturated heterocycles. The lowest BCUT2D eigenvalue weighted by Gasteiger charge is -2.26. The number of rotatable bonds is 3. The van der Waals surface area contributed by atoms with Gasteiger partial charge in [0, 0.05) is 29.7 Å². The van der Waals surface area contributed by atoms with E-state index in [9.17, 15) is 9.90 Å². The van der Waals surface area contributed by atoms with Crippen molar-refractivity contribution in [1.82, 2.24) is 0 Å². The summed E-state index contributed by atoms with van der Waals surface area (Å²) in [5.74, 6) is 1.58. The second-order valence-corrected chi connectivity index (χ2v) is 5.04. The quantitative estimate of drug-likeness (QED) is 0.944. The minimum atomic E-state index is -0.690. The number of benzene rings is 2. The van der Waals surface area contributed by atoms with Crippen molar-refractivity contribution in [3.05, 3.63) is 47.5 Å². The number of hydrogen-bond donors (Lipinski definition) is 1. The van der Waals surface area contributed by atoms with Gasteiger partial charge in [0.15, 0.2) is 11.9 Å². The van der Waals surface area contributed by atoms with E-state index in [0.29, 0.717) is 22.8 Å². The second kappa shape index (κ2) is 5.60. The van der Waals surface area contributed by atoms with Gasteiger partial charge in [-0.15, -0.1) is 0 Å². The van der Waals surface area contributed by atoms with E-state index in [-0.39, 0.29) is 18.0 Å². The van der Waals surface area contributed by atoms with Crippen molar-refractivity contribution in [2.75, 3.05) is 14.2 Å². The number of aromatic hydroxyl groups is 1. The number of hydrogen-bond acceptors (Lipinski definition) is 5. The number of phenols is 1. The van der Waals surface area contributed by atoms with Crippen molar-refractivity contribution < 1.29 is 24.1 Å². The molecule has 114 valence electrons. The molecule has 1 N–H and O–H groups in total.